The van der Waals surface area contributed by atoms with E-state index in [-0.39, 0.29) is 21.1 Å². The number of anilines is 1. The summed E-state index contributed by atoms with van der Waals surface area (Å²) in [4.78, 5) is 22.4. The van der Waals surface area contributed by atoms with Crippen molar-refractivity contribution in [1.82, 2.24) is 9.97 Å². The van der Waals surface area contributed by atoms with Gasteiger partial charge in [-0.05, 0) is 37.2 Å². The Morgan fingerprint density at radius 1 is 0.923 bits per heavy atom. The number of pyridine rings is 2. The van der Waals surface area contributed by atoms with Gasteiger partial charge in [0, 0.05) is 36.9 Å². The second kappa shape index (κ2) is 13.3. The molecule has 5 nitrogen and oxygen atoms in total. The Labute approximate surface area is 238 Å². The maximum absolute atomic E-state index is 12.3. The Bertz CT molecular complexity index is 1540. The third-order valence-electron chi connectivity index (χ3n) is 5.76. The number of halogens is 3. The number of alkyl halides is 3. The van der Waals surface area contributed by atoms with E-state index in [2.05, 4.69) is 40.8 Å². The zero-order valence-electron chi connectivity index (χ0n) is 21.1. The van der Waals surface area contributed by atoms with Crippen LogP contribution in [-0.4, -0.2) is 23.1 Å². The first-order valence-corrected chi connectivity index (χ1v) is 12.0. The molecule has 3 heterocycles. The van der Waals surface area contributed by atoms with E-state index in [1.54, 1.807) is 36.5 Å². The number of benzene rings is 2. The Balaban J connectivity index is 0.000000220. The minimum atomic E-state index is -4.34. The van der Waals surface area contributed by atoms with Gasteiger partial charge in [-0.25, -0.2) is 0 Å². The Morgan fingerprint density at radius 2 is 1.69 bits per heavy atom. The van der Waals surface area contributed by atoms with Gasteiger partial charge in [0.1, 0.15) is 0 Å². The fourth-order valence-electron chi connectivity index (χ4n) is 3.77. The van der Waals surface area contributed by atoms with Crippen LogP contribution in [0.15, 0.2) is 94.4 Å². The molecule has 0 amide bonds. The number of hydrogen-bond acceptors (Lipinski definition) is 5. The SMILES string of the molecule is CCN(CC)c1ccc2[c-]c(-c3ccccn3)c(=O)oc2c1.FC(F)(F)c1ccc(-c2[c-]cccc2)nc1.[Pt+2]. The number of nitrogens with zero attached hydrogens (tertiary/aromatic N) is 3. The predicted molar refractivity (Wildman–Crippen MR) is 142 cm³/mol. The summed E-state index contributed by atoms with van der Waals surface area (Å²) in [5.41, 5.74) is 2.53. The largest absolute Gasteiger partial charge is 2.00 e. The predicted octanol–water partition coefficient (Wildman–Crippen LogP) is 7.07. The third kappa shape index (κ3) is 7.42. The normalized spacial score (nSPS) is 10.8. The van der Waals surface area contributed by atoms with E-state index in [4.69, 9.17) is 4.42 Å². The van der Waals surface area contributed by atoms with E-state index in [1.807, 2.05) is 30.3 Å². The Morgan fingerprint density at radius 3 is 2.28 bits per heavy atom. The molecule has 0 N–H and O–H groups in total. The van der Waals surface area contributed by atoms with E-state index in [0.717, 1.165) is 36.4 Å². The van der Waals surface area contributed by atoms with Crippen LogP contribution < -0.4 is 10.5 Å². The van der Waals surface area contributed by atoms with Gasteiger partial charge in [-0.1, -0.05) is 35.7 Å². The molecule has 202 valence electrons. The summed E-state index contributed by atoms with van der Waals surface area (Å²) in [6, 6.07) is 26.7. The number of fused-ring (bicyclic) bond motifs is 1. The first kappa shape index (κ1) is 29.8. The van der Waals surface area contributed by atoms with E-state index in [0.29, 0.717) is 28.1 Å². The van der Waals surface area contributed by atoms with Crippen LogP contribution >= 0.6 is 0 Å². The standard InChI is InChI=1S/C18H17N2O2.C12H7F3N.Pt/c1-3-20(4-2)14-9-8-13-11-15(16-7-5-6-10-19-16)18(21)22-17(13)12-14;13-12(14,15)10-6-7-11(16-8-10)9-4-2-1-3-5-9;/h5-10,12H,3-4H2,1-2H3;1-4,6-8H;/q2*-1;+2. The van der Waals surface area contributed by atoms with Gasteiger partial charge in [0.15, 0.2) is 0 Å². The third-order valence-corrected chi connectivity index (χ3v) is 5.76. The van der Waals surface area contributed by atoms with Crippen molar-refractivity contribution in [2.24, 2.45) is 0 Å². The molecule has 5 rings (SSSR count). The zero-order valence-corrected chi connectivity index (χ0v) is 23.4. The second-order valence-electron chi connectivity index (χ2n) is 8.16. The van der Waals surface area contributed by atoms with Gasteiger partial charge in [0.2, 0.25) is 0 Å². The molecule has 5 aromatic rings. The maximum atomic E-state index is 12.3. The fraction of sp³-hybridized carbons (Fsp3) is 0.167. The molecule has 39 heavy (non-hydrogen) atoms. The van der Waals surface area contributed by atoms with E-state index < -0.39 is 17.4 Å². The topological polar surface area (TPSA) is 59.2 Å². The first-order valence-electron chi connectivity index (χ1n) is 12.0. The smallest absolute Gasteiger partial charge is 0.496 e. The summed E-state index contributed by atoms with van der Waals surface area (Å²) in [7, 11) is 0. The maximum Gasteiger partial charge on any atom is 2.00 e. The van der Waals surface area contributed by atoms with Gasteiger partial charge in [0.25, 0.3) is 5.63 Å². The Hall–Kier alpha value is -3.77. The van der Waals surface area contributed by atoms with Gasteiger partial charge in [-0.3, -0.25) is 9.78 Å². The number of rotatable bonds is 5. The summed E-state index contributed by atoms with van der Waals surface area (Å²) in [6.45, 7) is 6.00. The van der Waals surface area contributed by atoms with Crippen molar-refractivity contribution in [3.05, 3.63) is 113 Å². The average molecular weight is 711 g/mol. The van der Waals surface area contributed by atoms with Gasteiger partial charge in [0.05, 0.1) is 11.1 Å². The van der Waals surface area contributed by atoms with Crippen molar-refractivity contribution >= 4 is 16.7 Å². The Kier molecular flexibility index (Phi) is 10.2. The van der Waals surface area contributed by atoms with Crippen LogP contribution in [0.2, 0.25) is 0 Å². The van der Waals surface area contributed by atoms with Crippen molar-refractivity contribution in [1.29, 1.82) is 0 Å². The molecule has 0 atom stereocenters. The molecular formula is C30H24F3N3O2Pt. The molecule has 2 aromatic carbocycles. The molecule has 0 radical (unpaired) electrons. The summed E-state index contributed by atoms with van der Waals surface area (Å²) < 4.78 is 42.3. The summed E-state index contributed by atoms with van der Waals surface area (Å²) in [5, 5.41) is 0.774. The van der Waals surface area contributed by atoms with Gasteiger partial charge < -0.3 is 14.3 Å². The van der Waals surface area contributed by atoms with Crippen LogP contribution in [0.3, 0.4) is 0 Å². The molecule has 0 saturated carbocycles. The number of aromatic nitrogens is 2. The summed E-state index contributed by atoms with van der Waals surface area (Å²) in [6.07, 6.45) is -1.86. The van der Waals surface area contributed by atoms with Crippen LogP contribution in [0.1, 0.15) is 19.4 Å². The van der Waals surface area contributed by atoms with Crippen LogP contribution in [0.25, 0.3) is 33.5 Å². The number of hydrogen-bond donors (Lipinski definition) is 0. The molecule has 0 aliphatic carbocycles. The first-order chi connectivity index (χ1) is 18.3. The molecule has 0 saturated heterocycles. The van der Waals surface area contributed by atoms with Crippen molar-refractivity contribution in [3.63, 3.8) is 0 Å². The molecule has 0 unspecified atom stereocenters. The fourth-order valence-corrected chi connectivity index (χ4v) is 3.77. The van der Waals surface area contributed by atoms with E-state index >= 15 is 0 Å². The van der Waals surface area contributed by atoms with E-state index in [1.165, 1.54) is 6.07 Å². The molecule has 0 aliphatic heterocycles. The molecule has 0 aliphatic rings. The molecule has 3 aromatic heterocycles. The summed E-state index contributed by atoms with van der Waals surface area (Å²) in [5.74, 6) is 0. The minimum absolute atomic E-state index is 0. The molecular weight excluding hydrogens is 686 g/mol. The quantitative estimate of drug-likeness (QED) is 0.144. The van der Waals surface area contributed by atoms with Crippen LogP contribution in [0, 0.1) is 12.1 Å². The average Bonchev–Trinajstić information content (AvgIpc) is 2.94. The van der Waals surface area contributed by atoms with E-state index in [9.17, 15) is 18.0 Å². The minimum Gasteiger partial charge on any atom is -0.496 e. The van der Waals surface area contributed by atoms with Crippen molar-refractivity contribution in [3.8, 4) is 22.5 Å². The summed E-state index contributed by atoms with van der Waals surface area (Å²) >= 11 is 0. The van der Waals surface area contributed by atoms with Crippen molar-refractivity contribution in [2.75, 3.05) is 18.0 Å². The zero-order chi connectivity index (χ0) is 27.1. The van der Waals surface area contributed by atoms with Gasteiger partial charge in [-0.2, -0.15) is 13.2 Å². The van der Waals surface area contributed by atoms with Crippen LogP contribution in [0.4, 0.5) is 18.9 Å². The second-order valence-corrected chi connectivity index (χ2v) is 8.16. The van der Waals surface area contributed by atoms with Crippen molar-refractivity contribution < 1.29 is 38.7 Å². The molecule has 9 heteroatoms. The monoisotopic (exact) mass is 710 g/mol. The molecule has 0 spiro atoms. The van der Waals surface area contributed by atoms with Gasteiger partial charge in [-0.15, -0.1) is 48.0 Å². The molecule has 0 fully saturated rings. The van der Waals surface area contributed by atoms with Gasteiger partial charge >= 0.3 is 27.2 Å². The van der Waals surface area contributed by atoms with Crippen LogP contribution in [0.5, 0.6) is 0 Å². The molecule has 0 bridgehead atoms. The van der Waals surface area contributed by atoms with Crippen LogP contribution in [-0.2, 0) is 27.2 Å². The van der Waals surface area contributed by atoms with Crippen molar-refractivity contribution in [2.45, 2.75) is 20.0 Å².